The van der Waals surface area contributed by atoms with E-state index in [0.29, 0.717) is 34.7 Å². The second-order valence-corrected chi connectivity index (χ2v) is 6.92. The van der Waals surface area contributed by atoms with Crippen LogP contribution in [-0.4, -0.2) is 46.7 Å². The first-order valence-electron chi connectivity index (χ1n) is 7.43. The summed E-state index contributed by atoms with van der Waals surface area (Å²) < 4.78 is 22.3. The third kappa shape index (κ3) is 2.70. The number of carbonyl (C=O) groups is 2. The Hall–Kier alpha value is -2.25. The number of furan rings is 1. The van der Waals surface area contributed by atoms with Gasteiger partial charge in [0, 0.05) is 12.6 Å². The number of esters is 1. The molecule has 2 aliphatic rings. The molecule has 3 rings (SSSR count). The highest BCUT2D eigenvalue weighted by atomic mass is 32.2. The fourth-order valence-corrected chi connectivity index (χ4v) is 4.15. The molecule has 0 saturated carbocycles. The molecule has 0 spiro atoms. The van der Waals surface area contributed by atoms with Crippen LogP contribution in [0.25, 0.3) is 0 Å². The van der Waals surface area contributed by atoms with Crippen molar-refractivity contribution in [2.75, 3.05) is 19.4 Å². The van der Waals surface area contributed by atoms with Gasteiger partial charge in [-0.15, -0.1) is 0 Å². The highest BCUT2D eigenvalue weighted by Crippen LogP contribution is 2.39. The Bertz CT molecular complexity index is 734. The van der Waals surface area contributed by atoms with E-state index in [4.69, 9.17) is 9.15 Å². The number of carbonyl (C=O) groups excluding carboxylic acids is 2. The summed E-state index contributed by atoms with van der Waals surface area (Å²) in [5.41, 5.74) is 1.54. The van der Waals surface area contributed by atoms with Crippen molar-refractivity contribution in [1.29, 1.82) is 0 Å². The molecule has 0 bridgehead atoms. The van der Waals surface area contributed by atoms with Gasteiger partial charge in [-0.1, -0.05) is 6.58 Å². The van der Waals surface area contributed by atoms with E-state index < -0.39 is 23.2 Å². The van der Waals surface area contributed by atoms with Crippen molar-refractivity contribution in [2.45, 2.75) is 12.5 Å². The molecule has 2 unspecified atom stereocenters. The van der Waals surface area contributed by atoms with Gasteiger partial charge in [-0.05, 0) is 29.7 Å². The van der Waals surface area contributed by atoms with Gasteiger partial charge in [0.05, 0.1) is 30.2 Å². The highest BCUT2D eigenvalue weighted by Gasteiger charge is 2.46. The molecule has 3 heterocycles. The summed E-state index contributed by atoms with van der Waals surface area (Å²) in [7, 11) is 1.32. The minimum absolute atomic E-state index is 0.200. The van der Waals surface area contributed by atoms with Crippen molar-refractivity contribution >= 4 is 22.9 Å². The number of rotatable bonds is 6. The Labute approximate surface area is 142 Å². The van der Waals surface area contributed by atoms with E-state index in [-0.39, 0.29) is 11.5 Å². The Kier molecular flexibility index (Phi) is 4.64. The van der Waals surface area contributed by atoms with Gasteiger partial charge in [-0.25, -0.2) is 4.79 Å². The number of hydrogen-bond acceptors (Lipinski definition) is 6. The molecule has 1 aromatic rings. The predicted molar refractivity (Wildman–Crippen MR) is 88.5 cm³/mol. The number of nitrogens with zero attached hydrogens (tertiary/aromatic N) is 1. The standard InChI is InChI=1S/C17H17NO5S/c1-3-8-24(21)14-9-13-12(17(20)22-2)4-6-18(13)15(14)16(19)11-5-7-23-10-11/h3,5,7,9-10,15H,1,4,6,8H2,2H3. The van der Waals surface area contributed by atoms with E-state index in [1.54, 1.807) is 18.2 Å². The van der Waals surface area contributed by atoms with Crippen LogP contribution < -0.4 is 0 Å². The fraction of sp³-hybridized carbons (Fsp3) is 0.294. The van der Waals surface area contributed by atoms with E-state index >= 15 is 0 Å². The molecule has 126 valence electrons. The Morgan fingerprint density at radius 2 is 2.38 bits per heavy atom. The minimum atomic E-state index is -1.38. The van der Waals surface area contributed by atoms with Crippen LogP contribution in [0.15, 0.2) is 57.9 Å². The Morgan fingerprint density at radius 1 is 1.58 bits per heavy atom. The van der Waals surface area contributed by atoms with Gasteiger partial charge in [0.1, 0.15) is 12.0 Å². The zero-order valence-corrected chi connectivity index (χ0v) is 14.0. The van der Waals surface area contributed by atoms with Crippen molar-refractivity contribution in [3.05, 3.63) is 59.1 Å². The largest absolute Gasteiger partial charge is 0.611 e. The molecule has 2 atom stereocenters. The van der Waals surface area contributed by atoms with Crippen molar-refractivity contribution in [3.63, 3.8) is 0 Å². The summed E-state index contributed by atoms with van der Waals surface area (Å²) in [4.78, 5) is 27.1. The number of fused-ring (bicyclic) bond motifs is 1. The summed E-state index contributed by atoms with van der Waals surface area (Å²) in [6.07, 6.45) is 6.52. The molecular formula is C17H17NO5S. The van der Waals surface area contributed by atoms with Crippen LogP contribution in [0.3, 0.4) is 0 Å². The zero-order valence-electron chi connectivity index (χ0n) is 13.2. The molecule has 7 heteroatoms. The molecular weight excluding hydrogens is 330 g/mol. The monoisotopic (exact) mass is 347 g/mol. The van der Waals surface area contributed by atoms with Gasteiger partial charge in [0.25, 0.3) is 0 Å². The molecule has 1 aromatic heterocycles. The average Bonchev–Trinajstić information content (AvgIpc) is 3.29. The second-order valence-electron chi connectivity index (χ2n) is 5.43. The molecule has 0 radical (unpaired) electrons. The number of ketones is 1. The Morgan fingerprint density at radius 3 is 3.00 bits per heavy atom. The van der Waals surface area contributed by atoms with Crippen molar-refractivity contribution in [3.8, 4) is 0 Å². The van der Waals surface area contributed by atoms with Crippen molar-refractivity contribution in [1.82, 2.24) is 4.90 Å². The van der Waals surface area contributed by atoms with Crippen LogP contribution in [0.4, 0.5) is 0 Å². The zero-order chi connectivity index (χ0) is 17.3. The summed E-state index contributed by atoms with van der Waals surface area (Å²) in [6.45, 7) is 4.10. The third-order valence-electron chi connectivity index (χ3n) is 4.10. The SMILES string of the molecule is C=CC[S+]([O-])C1=CC2=C(C(=O)OC)CCN2C1C(=O)c1ccoc1. The number of hydrogen-bond donors (Lipinski definition) is 0. The summed E-state index contributed by atoms with van der Waals surface area (Å²) >= 11 is -1.38. The topological polar surface area (TPSA) is 82.8 Å². The lowest BCUT2D eigenvalue weighted by Crippen LogP contribution is -2.38. The molecule has 0 aliphatic carbocycles. The third-order valence-corrected chi connectivity index (χ3v) is 5.50. The maximum atomic E-state index is 12.9. The molecule has 24 heavy (non-hydrogen) atoms. The summed E-state index contributed by atoms with van der Waals surface area (Å²) in [6, 6.07) is 0.885. The number of ether oxygens (including phenoxy) is 1. The lowest BCUT2D eigenvalue weighted by molar-refractivity contribution is -0.136. The molecule has 6 nitrogen and oxygen atoms in total. The van der Waals surface area contributed by atoms with Crippen LogP contribution in [0.5, 0.6) is 0 Å². The second kappa shape index (κ2) is 6.70. The normalized spacial score (nSPS) is 20.7. The molecule has 0 fully saturated rings. The maximum Gasteiger partial charge on any atom is 0.335 e. The van der Waals surface area contributed by atoms with E-state index in [2.05, 4.69) is 6.58 Å². The first kappa shape index (κ1) is 16.6. The highest BCUT2D eigenvalue weighted by molar-refractivity contribution is 7.95. The van der Waals surface area contributed by atoms with Gasteiger partial charge < -0.3 is 18.6 Å². The van der Waals surface area contributed by atoms with Gasteiger partial charge in [0.2, 0.25) is 0 Å². The van der Waals surface area contributed by atoms with Crippen LogP contribution in [-0.2, 0) is 20.7 Å². The predicted octanol–water partition coefficient (Wildman–Crippen LogP) is 1.80. The summed E-state index contributed by atoms with van der Waals surface area (Å²) in [5, 5.41) is 0. The number of allylic oxidation sites excluding steroid dienone is 1. The molecule has 0 aromatic carbocycles. The maximum absolute atomic E-state index is 12.9. The fourth-order valence-electron chi connectivity index (χ4n) is 3.02. The first-order valence-corrected chi connectivity index (χ1v) is 8.75. The van der Waals surface area contributed by atoms with Gasteiger partial charge in [-0.3, -0.25) is 4.79 Å². The van der Waals surface area contributed by atoms with E-state index in [0.717, 1.165) is 0 Å². The lowest BCUT2D eigenvalue weighted by atomic mass is 10.1. The van der Waals surface area contributed by atoms with Crippen molar-refractivity contribution in [2.24, 2.45) is 0 Å². The molecule has 2 aliphatic heterocycles. The lowest BCUT2D eigenvalue weighted by Gasteiger charge is -2.24. The van der Waals surface area contributed by atoms with Crippen LogP contribution >= 0.6 is 0 Å². The first-order chi connectivity index (χ1) is 11.6. The van der Waals surface area contributed by atoms with E-state index in [1.165, 1.54) is 19.6 Å². The van der Waals surface area contributed by atoms with Crippen LogP contribution in [0, 0.1) is 0 Å². The Balaban J connectivity index is 2.02. The minimum Gasteiger partial charge on any atom is -0.611 e. The quantitative estimate of drug-likeness (QED) is 0.338. The van der Waals surface area contributed by atoms with Gasteiger partial charge in [0.15, 0.2) is 16.7 Å². The smallest absolute Gasteiger partial charge is 0.335 e. The number of methoxy groups -OCH3 is 1. The number of Topliss-reactive ketones (excluding diaryl/α,β-unsaturated/α-hetero) is 1. The average molecular weight is 347 g/mol. The summed E-state index contributed by atoms with van der Waals surface area (Å²) in [5.74, 6) is -0.377. The van der Waals surface area contributed by atoms with Crippen molar-refractivity contribution < 1.29 is 23.3 Å². The van der Waals surface area contributed by atoms with Crippen LogP contribution in [0.1, 0.15) is 16.8 Å². The van der Waals surface area contributed by atoms with E-state index in [1.807, 2.05) is 4.90 Å². The van der Waals surface area contributed by atoms with Gasteiger partial charge in [-0.2, -0.15) is 0 Å². The van der Waals surface area contributed by atoms with E-state index in [9.17, 15) is 14.1 Å². The van der Waals surface area contributed by atoms with Crippen LogP contribution in [0.2, 0.25) is 0 Å². The molecule has 0 amide bonds. The van der Waals surface area contributed by atoms with Gasteiger partial charge >= 0.3 is 5.97 Å². The molecule has 0 N–H and O–H groups in total. The molecule has 0 saturated heterocycles.